The van der Waals surface area contributed by atoms with Gasteiger partial charge in [0.05, 0.1) is 0 Å². The third-order valence-corrected chi connectivity index (χ3v) is 3.46. The van der Waals surface area contributed by atoms with E-state index in [1.165, 1.54) is 29.5 Å². The molecule has 1 heteroatoms. The first-order valence-corrected chi connectivity index (χ1v) is 6.50. The van der Waals surface area contributed by atoms with E-state index in [2.05, 4.69) is 25.1 Å². The van der Waals surface area contributed by atoms with Crippen LogP contribution in [0.4, 0.5) is 0 Å². The van der Waals surface area contributed by atoms with E-state index in [1.807, 2.05) is 12.1 Å². The smallest absolute Gasteiger partial charge is 0.141 e. The largest absolute Gasteiger partial charge is 0.299 e. The molecule has 0 aliphatic heterocycles. The molecule has 0 N–H and O–H groups in total. The monoisotopic (exact) mass is 228 g/mol. The lowest BCUT2D eigenvalue weighted by Crippen LogP contribution is -2.06. The first-order chi connectivity index (χ1) is 8.25. The summed E-state index contributed by atoms with van der Waals surface area (Å²) in [6, 6.07) is 8.16. The molecule has 17 heavy (non-hydrogen) atoms. The lowest BCUT2D eigenvalue weighted by molar-refractivity contribution is -0.117. The number of benzene rings is 1. The minimum Gasteiger partial charge on any atom is -0.299 e. The zero-order chi connectivity index (χ0) is 12.1. The van der Waals surface area contributed by atoms with Crippen molar-refractivity contribution in [1.29, 1.82) is 0 Å². The van der Waals surface area contributed by atoms with E-state index in [4.69, 9.17) is 0 Å². The molecule has 0 unspecified atom stereocenters. The molecule has 0 amide bonds. The Balaban J connectivity index is 1.93. The van der Waals surface area contributed by atoms with Crippen LogP contribution in [-0.2, 0) is 11.2 Å². The first-order valence-electron chi connectivity index (χ1n) is 6.50. The lowest BCUT2D eigenvalue weighted by atomic mass is 9.93. The number of ketones is 1. The summed E-state index contributed by atoms with van der Waals surface area (Å²) in [5.74, 6) is 0.354. The number of allylic oxidation sites excluding steroid dienone is 2. The van der Waals surface area contributed by atoms with Gasteiger partial charge in [-0.25, -0.2) is 0 Å². The van der Waals surface area contributed by atoms with Crippen LogP contribution in [0.3, 0.4) is 0 Å². The highest BCUT2D eigenvalue weighted by molar-refractivity contribution is 5.83. The molecule has 0 saturated heterocycles. The average Bonchev–Trinajstić information content (AvgIpc) is 2.33. The Morgan fingerprint density at radius 1 is 1.18 bits per heavy atom. The average molecular weight is 228 g/mol. The van der Waals surface area contributed by atoms with Crippen LogP contribution >= 0.6 is 0 Å². The SMILES string of the molecule is Cc1ccccc1CC(=O)CC1=CCCCC1. The maximum atomic E-state index is 12.0. The van der Waals surface area contributed by atoms with Gasteiger partial charge in [-0.2, -0.15) is 0 Å². The molecule has 0 aromatic heterocycles. The van der Waals surface area contributed by atoms with Crippen molar-refractivity contribution in [3.05, 3.63) is 47.0 Å². The highest BCUT2D eigenvalue weighted by atomic mass is 16.1. The number of carbonyl (C=O) groups excluding carboxylic acids is 1. The van der Waals surface area contributed by atoms with Crippen LogP contribution in [0.25, 0.3) is 0 Å². The van der Waals surface area contributed by atoms with Gasteiger partial charge in [-0.1, -0.05) is 35.9 Å². The molecule has 0 fully saturated rings. The molecule has 0 bridgehead atoms. The second-order valence-corrected chi connectivity index (χ2v) is 4.93. The van der Waals surface area contributed by atoms with Gasteiger partial charge in [-0.15, -0.1) is 0 Å². The molecule has 0 radical (unpaired) electrons. The molecular formula is C16H20O. The topological polar surface area (TPSA) is 17.1 Å². The molecule has 1 aliphatic rings. The number of aryl methyl sites for hydroxylation is 1. The van der Waals surface area contributed by atoms with Crippen LogP contribution in [0.5, 0.6) is 0 Å². The number of hydrogen-bond donors (Lipinski definition) is 0. The normalized spacial score (nSPS) is 15.5. The van der Waals surface area contributed by atoms with Gasteiger partial charge in [0.2, 0.25) is 0 Å². The van der Waals surface area contributed by atoms with Gasteiger partial charge in [0, 0.05) is 12.8 Å². The van der Waals surface area contributed by atoms with Crippen molar-refractivity contribution in [3.8, 4) is 0 Å². The second-order valence-electron chi connectivity index (χ2n) is 4.93. The zero-order valence-electron chi connectivity index (χ0n) is 10.5. The summed E-state index contributed by atoms with van der Waals surface area (Å²) < 4.78 is 0. The van der Waals surface area contributed by atoms with Crippen molar-refractivity contribution in [2.24, 2.45) is 0 Å². The van der Waals surface area contributed by atoms with Gasteiger partial charge in [0.15, 0.2) is 0 Å². The van der Waals surface area contributed by atoms with Crippen LogP contribution in [-0.4, -0.2) is 5.78 Å². The van der Waals surface area contributed by atoms with Crippen molar-refractivity contribution in [2.45, 2.75) is 45.4 Å². The molecule has 0 saturated carbocycles. The molecule has 1 nitrogen and oxygen atoms in total. The van der Waals surface area contributed by atoms with Crippen molar-refractivity contribution >= 4 is 5.78 Å². The van der Waals surface area contributed by atoms with Gasteiger partial charge in [0.1, 0.15) is 5.78 Å². The number of Topliss-reactive ketones (excluding diaryl/α,β-unsaturated/α-hetero) is 1. The fourth-order valence-electron chi connectivity index (χ4n) is 2.40. The molecule has 90 valence electrons. The molecule has 0 spiro atoms. The Bertz CT molecular complexity index is 429. The highest BCUT2D eigenvalue weighted by Gasteiger charge is 2.10. The van der Waals surface area contributed by atoms with E-state index >= 15 is 0 Å². The predicted octanol–water partition coefficient (Wildman–Crippen LogP) is 4.00. The summed E-state index contributed by atoms with van der Waals surface area (Å²) in [4.78, 5) is 12.0. The maximum absolute atomic E-state index is 12.0. The maximum Gasteiger partial charge on any atom is 0.141 e. The van der Waals surface area contributed by atoms with E-state index in [0.29, 0.717) is 18.6 Å². The summed E-state index contributed by atoms with van der Waals surface area (Å²) in [7, 11) is 0. The summed E-state index contributed by atoms with van der Waals surface area (Å²) in [5, 5.41) is 0. The Morgan fingerprint density at radius 2 is 2.00 bits per heavy atom. The second kappa shape index (κ2) is 5.81. The van der Waals surface area contributed by atoms with Crippen molar-refractivity contribution < 1.29 is 4.79 Å². The van der Waals surface area contributed by atoms with Gasteiger partial charge >= 0.3 is 0 Å². The minimum atomic E-state index is 0.354. The molecule has 0 atom stereocenters. The third-order valence-electron chi connectivity index (χ3n) is 3.46. The molecule has 2 rings (SSSR count). The summed E-state index contributed by atoms with van der Waals surface area (Å²) in [5.41, 5.74) is 3.75. The van der Waals surface area contributed by atoms with Gasteiger partial charge in [-0.3, -0.25) is 4.79 Å². The van der Waals surface area contributed by atoms with Crippen LogP contribution in [0.15, 0.2) is 35.9 Å². The van der Waals surface area contributed by atoms with Crippen LogP contribution in [0.1, 0.15) is 43.2 Å². The number of hydrogen-bond acceptors (Lipinski definition) is 1. The fraction of sp³-hybridized carbons (Fsp3) is 0.438. The minimum absolute atomic E-state index is 0.354. The predicted molar refractivity (Wildman–Crippen MR) is 71.1 cm³/mol. The summed E-state index contributed by atoms with van der Waals surface area (Å²) >= 11 is 0. The summed E-state index contributed by atoms with van der Waals surface area (Å²) in [6.07, 6.45) is 8.34. The van der Waals surface area contributed by atoms with Crippen molar-refractivity contribution in [3.63, 3.8) is 0 Å². The quantitative estimate of drug-likeness (QED) is 0.712. The van der Waals surface area contributed by atoms with Gasteiger partial charge in [0.25, 0.3) is 0 Å². The highest BCUT2D eigenvalue weighted by Crippen LogP contribution is 2.21. The molecule has 0 heterocycles. The number of carbonyl (C=O) groups is 1. The Hall–Kier alpha value is -1.37. The van der Waals surface area contributed by atoms with Crippen LogP contribution in [0.2, 0.25) is 0 Å². The third kappa shape index (κ3) is 3.55. The Labute approximate surface area is 104 Å². The Morgan fingerprint density at radius 3 is 2.71 bits per heavy atom. The lowest BCUT2D eigenvalue weighted by Gasteiger charge is -2.12. The zero-order valence-corrected chi connectivity index (χ0v) is 10.5. The van der Waals surface area contributed by atoms with Gasteiger partial charge < -0.3 is 0 Å². The standard InChI is InChI=1S/C16H20O/c1-13-7-5-6-10-15(13)12-16(17)11-14-8-3-2-4-9-14/h5-8,10H,2-4,9,11-12H2,1H3. The van der Waals surface area contributed by atoms with E-state index in [0.717, 1.165) is 12.8 Å². The van der Waals surface area contributed by atoms with Crippen LogP contribution in [0, 0.1) is 6.92 Å². The summed E-state index contributed by atoms with van der Waals surface area (Å²) in [6.45, 7) is 2.07. The van der Waals surface area contributed by atoms with Gasteiger partial charge in [-0.05, 0) is 43.7 Å². The van der Waals surface area contributed by atoms with E-state index in [-0.39, 0.29) is 0 Å². The molecule has 1 aliphatic carbocycles. The van der Waals surface area contributed by atoms with Crippen LogP contribution < -0.4 is 0 Å². The number of rotatable bonds is 4. The molecule has 1 aromatic rings. The van der Waals surface area contributed by atoms with Crippen molar-refractivity contribution in [1.82, 2.24) is 0 Å². The fourth-order valence-corrected chi connectivity index (χ4v) is 2.40. The van der Waals surface area contributed by atoms with Crippen molar-refractivity contribution in [2.75, 3.05) is 0 Å². The van der Waals surface area contributed by atoms with E-state index in [9.17, 15) is 4.79 Å². The van der Waals surface area contributed by atoms with E-state index < -0.39 is 0 Å². The molecule has 1 aromatic carbocycles. The first kappa shape index (κ1) is 12.1. The Kier molecular flexibility index (Phi) is 4.13. The van der Waals surface area contributed by atoms with E-state index in [1.54, 1.807) is 0 Å². The molecular weight excluding hydrogens is 208 g/mol.